The van der Waals surface area contributed by atoms with Crippen molar-refractivity contribution in [1.82, 2.24) is 4.90 Å². The van der Waals surface area contributed by atoms with Gasteiger partial charge in [-0.05, 0) is 41.5 Å². The number of benzene rings is 2. The van der Waals surface area contributed by atoms with Gasteiger partial charge in [-0.25, -0.2) is 0 Å². The van der Waals surface area contributed by atoms with E-state index in [1.54, 1.807) is 11.0 Å². The van der Waals surface area contributed by atoms with E-state index in [2.05, 4.69) is 6.58 Å². The van der Waals surface area contributed by atoms with Gasteiger partial charge in [-0.2, -0.15) is 0 Å². The van der Waals surface area contributed by atoms with Crippen molar-refractivity contribution in [3.63, 3.8) is 0 Å². The lowest BCUT2D eigenvalue weighted by Gasteiger charge is -2.14. The fourth-order valence-corrected chi connectivity index (χ4v) is 4.08. The van der Waals surface area contributed by atoms with Crippen molar-refractivity contribution < 1.29 is 19.0 Å². The molecule has 2 aromatic rings. The van der Waals surface area contributed by atoms with Crippen molar-refractivity contribution in [1.29, 1.82) is 0 Å². The number of nitrogens with zero attached hydrogens (tertiary/aromatic N) is 1. The molecule has 2 aliphatic heterocycles. The topological polar surface area (TPSA) is 48.0 Å². The van der Waals surface area contributed by atoms with E-state index in [4.69, 9.17) is 26.4 Å². The number of carbonyl (C=O) groups is 1. The number of thiocarbonyl (C=S) groups is 1. The van der Waals surface area contributed by atoms with Crippen molar-refractivity contribution >= 4 is 40.3 Å². The Bertz CT molecular complexity index is 969. The summed E-state index contributed by atoms with van der Waals surface area (Å²) in [5, 5.41) is 0. The van der Waals surface area contributed by atoms with Crippen molar-refractivity contribution in [3.05, 3.63) is 71.2 Å². The molecule has 0 aromatic heterocycles. The van der Waals surface area contributed by atoms with Crippen LogP contribution in [0.15, 0.2) is 60.0 Å². The number of rotatable bonds is 6. The highest BCUT2D eigenvalue weighted by atomic mass is 32.2. The number of ether oxygens (including phenoxy) is 3. The number of hydrogen-bond donors (Lipinski definition) is 0. The molecule has 0 spiro atoms. The number of carbonyl (C=O) groups excluding carboxylic acids is 1. The molecule has 142 valence electrons. The first-order valence-electron chi connectivity index (χ1n) is 8.62. The van der Waals surface area contributed by atoms with E-state index >= 15 is 0 Å². The van der Waals surface area contributed by atoms with E-state index in [0.717, 1.165) is 22.6 Å². The maximum Gasteiger partial charge on any atom is 0.266 e. The second-order valence-corrected chi connectivity index (χ2v) is 7.80. The summed E-state index contributed by atoms with van der Waals surface area (Å²) in [6, 6.07) is 13.2. The van der Waals surface area contributed by atoms with Gasteiger partial charge in [0.15, 0.2) is 11.5 Å². The lowest BCUT2D eigenvalue weighted by molar-refractivity contribution is -0.122. The molecule has 1 amide bonds. The third kappa shape index (κ3) is 3.90. The van der Waals surface area contributed by atoms with Crippen LogP contribution >= 0.6 is 24.0 Å². The van der Waals surface area contributed by atoms with Crippen LogP contribution in [0.2, 0.25) is 0 Å². The molecule has 0 bridgehead atoms. The van der Waals surface area contributed by atoms with E-state index in [-0.39, 0.29) is 12.7 Å². The molecule has 5 nitrogen and oxygen atoms in total. The van der Waals surface area contributed by atoms with Crippen molar-refractivity contribution in [3.8, 4) is 17.2 Å². The van der Waals surface area contributed by atoms with Gasteiger partial charge in [-0.3, -0.25) is 9.69 Å². The van der Waals surface area contributed by atoms with Gasteiger partial charge in [-0.15, -0.1) is 0 Å². The molecule has 2 aliphatic rings. The Morgan fingerprint density at radius 3 is 2.75 bits per heavy atom. The zero-order valence-corrected chi connectivity index (χ0v) is 16.6. The summed E-state index contributed by atoms with van der Waals surface area (Å²) >= 11 is 6.73. The third-order valence-electron chi connectivity index (χ3n) is 4.20. The molecule has 7 heteroatoms. The molecule has 2 aromatic carbocycles. The predicted octanol–water partition coefficient (Wildman–Crippen LogP) is 4.38. The predicted molar refractivity (Wildman–Crippen MR) is 113 cm³/mol. The summed E-state index contributed by atoms with van der Waals surface area (Å²) in [6.45, 7) is 4.70. The van der Waals surface area contributed by atoms with Gasteiger partial charge in [0.2, 0.25) is 6.79 Å². The number of amides is 1. The lowest BCUT2D eigenvalue weighted by atomic mass is 10.2. The molecule has 0 atom stereocenters. The second kappa shape index (κ2) is 8.08. The van der Waals surface area contributed by atoms with Crippen molar-refractivity contribution in [2.75, 3.05) is 13.4 Å². The zero-order valence-electron chi connectivity index (χ0n) is 14.9. The van der Waals surface area contributed by atoms with Crippen LogP contribution in [0, 0.1) is 0 Å². The molecule has 0 saturated carbocycles. The minimum atomic E-state index is -0.0975. The van der Waals surface area contributed by atoms with Crippen LogP contribution in [0.25, 0.3) is 6.08 Å². The Balaban J connectivity index is 1.47. The summed E-state index contributed by atoms with van der Waals surface area (Å²) in [6.07, 6.45) is 3.54. The average molecular weight is 412 g/mol. The van der Waals surface area contributed by atoms with Crippen LogP contribution in [0.3, 0.4) is 0 Å². The summed E-state index contributed by atoms with van der Waals surface area (Å²) in [5.41, 5.74) is 1.85. The van der Waals surface area contributed by atoms with E-state index in [1.165, 1.54) is 11.8 Å². The Kier molecular flexibility index (Phi) is 5.36. The van der Waals surface area contributed by atoms with Crippen LogP contribution in [0.5, 0.6) is 17.2 Å². The molecule has 2 heterocycles. The fraction of sp³-hybridized carbons (Fsp3) is 0.143. The third-order valence-corrected chi connectivity index (χ3v) is 5.57. The summed E-state index contributed by atoms with van der Waals surface area (Å²) in [5.74, 6) is 2.07. The van der Waals surface area contributed by atoms with Crippen molar-refractivity contribution in [2.24, 2.45) is 0 Å². The van der Waals surface area contributed by atoms with E-state index in [9.17, 15) is 4.79 Å². The van der Waals surface area contributed by atoms with Gasteiger partial charge in [0.1, 0.15) is 16.7 Å². The Labute approximate surface area is 172 Å². The minimum absolute atomic E-state index is 0.0975. The van der Waals surface area contributed by atoms with Crippen LogP contribution in [0.1, 0.15) is 11.1 Å². The minimum Gasteiger partial charge on any atom is -0.490 e. The first-order valence-corrected chi connectivity index (χ1v) is 9.84. The molecule has 1 saturated heterocycles. The molecule has 4 rings (SSSR count). The molecule has 28 heavy (non-hydrogen) atoms. The summed E-state index contributed by atoms with van der Waals surface area (Å²) in [7, 11) is 0. The van der Waals surface area contributed by atoms with Crippen LogP contribution < -0.4 is 14.2 Å². The SMILES string of the molecule is C=CCOc1ccc(/C=C2/SC(=S)N(Cc3ccc4c(c3)OCO4)C2=O)cc1. The zero-order chi connectivity index (χ0) is 19.5. The monoisotopic (exact) mass is 411 g/mol. The van der Waals surface area contributed by atoms with Crippen molar-refractivity contribution in [2.45, 2.75) is 6.54 Å². The van der Waals surface area contributed by atoms with Gasteiger partial charge >= 0.3 is 0 Å². The van der Waals surface area contributed by atoms with Gasteiger partial charge < -0.3 is 14.2 Å². The quantitative estimate of drug-likeness (QED) is 0.399. The molecular formula is C21H17NO4S2. The maximum atomic E-state index is 12.8. The standard InChI is InChI=1S/C21H17NO4S2/c1-2-9-24-16-6-3-14(4-7-16)11-19-20(23)22(21(27)28-19)12-15-5-8-17-18(10-15)26-13-25-17/h2-8,10-11H,1,9,12-13H2/b19-11+. The second-order valence-electron chi connectivity index (χ2n) is 6.12. The Morgan fingerprint density at radius 1 is 1.18 bits per heavy atom. The van der Waals surface area contributed by atoms with Crippen LogP contribution in [0.4, 0.5) is 0 Å². The molecule has 0 radical (unpaired) electrons. The Hall–Kier alpha value is -2.77. The normalized spacial score (nSPS) is 16.7. The highest BCUT2D eigenvalue weighted by molar-refractivity contribution is 8.26. The van der Waals surface area contributed by atoms with E-state index < -0.39 is 0 Å². The fourth-order valence-electron chi connectivity index (χ4n) is 2.82. The molecule has 0 N–H and O–H groups in total. The lowest BCUT2D eigenvalue weighted by Crippen LogP contribution is -2.27. The van der Waals surface area contributed by atoms with Crippen LogP contribution in [-0.2, 0) is 11.3 Å². The van der Waals surface area contributed by atoms with Gasteiger partial charge in [0, 0.05) is 0 Å². The highest BCUT2D eigenvalue weighted by Crippen LogP contribution is 2.36. The van der Waals surface area contributed by atoms with Gasteiger partial charge in [0.05, 0.1) is 11.4 Å². The number of fused-ring (bicyclic) bond motifs is 1. The van der Waals surface area contributed by atoms with Gasteiger partial charge in [0.25, 0.3) is 5.91 Å². The summed E-state index contributed by atoms with van der Waals surface area (Å²) in [4.78, 5) is 15.0. The average Bonchev–Trinajstić information content (AvgIpc) is 3.27. The van der Waals surface area contributed by atoms with E-state index in [0.29, 0.717) is 28.1 Å². The highest BCUT2D eigenvalue weighted by Gasteiger charge is 2.32. The molecule has 1 fully saturated rings. The Morgan fingerprint density at radius 2 is 1.96 bits per heavy atom. The smallest absolute Gasteiger partial charge is 0.266 e. The summed E-state index contributed by atoms with van der Waals surface area (Å²) < 4.78 is 16.7. The van der Waals surface area contributed by atoms with Gasteiger partial charge in [-0.1, -0.05) is 54.8 Å². The van der Waals surface area contributed by atoms with Crippen LogP contribution in [-0.4, -0.2) is 28.5 Å². The molecular weight excluding hydrogens is 394 g/mol. The molecule has 0 unspecified atom stereocenters. The molecule has 0 aliphatic carbocycles. The first-order chi connectivity index (χ1) is 13.6. The van der Waals surface area contributed by atoms with E-state index in [1.807, 2.05) is 48.5 Å². The largest absolute Gasteiger partial charge is 0.490 e. The first kappa shape index (κ1) is 18.6. The number of thioether (sulfide) groups is 1. The number of hydrogen-bond acceptors (Lipinski definition) is 6. The maximum absolute atomic E-state index is 12.8.